The van der Waals surface area contributed by atoms with Gasteiger partial charge in [0.25, 0.3) is 5.91 Å². The molecule has 0 atom stereocenters. The lowest BCUT2D eigenvalue weighted by atomic mass is 10.2. The highest BCUT2D eigenvalue weighted by molar-refractivity contribution is 7.98. The molecule has 0 spiro atoms. The van der Waals surface area contributed by atoms with Crippen LogP contribution in [0.5, 0.6) is 5.75 Å². The first-order chi connectivity index (χ1) is 16.7. The molecule has 1 amide bonds. The van der Waals surface area contributed by atoms with Crippen molar-refractivity contribution in [3.8, 4) is 11.4 Å². The monoisotopic (exact) mass is 469 g/mol. The molecule has 5 aromatic rings. The number of fused-ring (bicyclic) bond motifs is 1. The number of carbonyl (C=O) groups is 1. The van der Waals surface area contributed by atoms with E-state index in [-0.39, 0.29) is 5.91 Å². The lowest BCUT2D eigenvalue weighted by molar-refractivity contribution is 0.0950. The second-order valence-corrected chi connectivity index (χ2v) is 8.69. The minimum Gasteiger partial charge on any atom is -0.497 e. The molecule has 5 rings (SSSR count). The maximum atomic E-state index is 12.6. The Morgan fingerprint density at radius 3 is 2.56 bits per heavy atom. The number of aromatic nitrogens is 4. The lowest BCUT2D eigenvalue weighted by Gasteiger charge is -2.05. The highest BCUT2D eigenvalue weighted by Crippen LogP contribution is 2.23. The van der Waals surface area contributed by atoms with E-state index < -0.39 is 0 Å². The summed E-state index contributed by atoms with van der Waals surface area (Å²) >= 11 is 1.69. The zero-order valence-corrected chi connectivity index (χ0v) is 19.4. The fourth-order valence-corrected chi connectivity index (χ4v) is 4.31. The van der Waals surface area contributed by atoms with Crippen molar-refractivity contribution in [2.75, 3.05) is 7.11 Å². The number of nitrogens with one attached hydrogen (secondary N) is 1. The minimum absolute atomic E-state index is 0.129. The average molecular weight is 470 g/mol. The van der Waals surface area contributed by atoms with Crippen LogP contribution in [0.25, 0.3) is 11.3 Å². The van der Waals surface area contributed by atoms with Crippen LogP contribution in [-0.2, 0) is 12.3 Å². The predicted octanol–water partition coefficient (Wildman–Crippen LogP) is 4.75. The van der Waals surface area contributed by atoms with Gasteiger partial charge in [0.15, 0.2) is 0 Å². The van der Waals surface area contributed by atoms with Gasteiger partial charge in [-0.15, -0.1) is 11.8 Å². The minimum atomic E-state index is -0.129. The molecule has 0 aliphatic rings. The number of hydrogen-bond acceptors (Lipinski definition) is 5. The summed E-state index contributed by atoms with van der Waals surface area (Å²) in [6.07, 6.45) is 5.91. The summed E-state index contributed by atoms with van der Waals surface area (Å²) in [5.74, 6) is 1.43. The third-order valence-corrected chi connectivity index (χ3v) is 6.37. The third kappa shape index (κ3) is 4.97. The van der Waals surface area contributed by atoms with Gasteiger partial charge in [-0.1, -0.05) is 6.07 Å². The van der Waals surface area contributed by atoms with Gasteiger partial charge in [0.1, 0.15) is 11.4 Å². The van der Waals surface area contributed by atoms with Crippen molar-refractivity contribution in [2.24, 2.45) is 0 Å². The van der Waals surface area contributed by atoms with Crippen LogP contribution in [-0.4, -0.2) is 32.2 Å². The van der Waals surface area contributed by atoms with E-state index >= 15 is 0 Å². The maximum absolute atomic E-state index is 12.6. The van der Waals surface area contributed by atoms with E-state index in [1.54, 1.807) is 23.6 Å². The van der Waals surface area contributed by atoms with Crippen molar-refractivity contribution >= 4 is 23.3 Å². The summed E-state index contributed by atoms with van der Waals surface area (Å²) in [5, 5.41) is 7.47. The number of pyridine rings is 1. The zero-order valence-electron chi connectivity index (χ0n) is 18.6. The van der Waals surface area contributed by atoms with Crippen molar-refractivity contribution < 1.29 is 9.53 Å². The first-order valence-corrected chi connectivity index (χ1v) is 11.8. The van der Waals surface area contributed by atoms with Gasteiger partial charge in [0.2, 0.25) is 0 Å². The van der Waals surface area contributed by atoms with E-state index in [2.05, 4.69) is 15.4 Å². The third-order valence-electron chi connectivity index (χ3n) is 5.33. The number of amides is 1. The normalized spacial score (nSPS) is 11.0. The Morgan fingerprint density at radius 2 is 1.79 bits per heavy atom. The standard InChI is InChI=1S/C26H23N5O2S/c1-33-23-9-7-22(8-10-23)31-15-13-20(29-31)16-27-26(32)19-5-11-24(12-6-19)34-18-21-17-30-14-3-2-4-25(30)28-21/h2-15,17H,16,18H2,1H3,(H,27,32). The van der Waals surface area contributed by atoms with E-state index in [4.69, 9.17) is 4.74 Å². The molecular formula is C26H23N5O2S. The Balaban J connectivity index is 1.14. The number of benzene rings is 2. The molecule has 7 nitrogen and oxygen atoms in total. The van der Waals surface area contributed by atoms with Crippen molar-refractivity contribution in [3.05, 3.63) is 108 Å². The molecule has 0 saturated heterocycles. The Kier molecular flexibility index (Phi) is 6.31. The van der Waals surface area contributed by atoms with Crippen molar-refractivity contribution in [2.45, 2.75) is 17.2 Å². The summed E-state index contributed by atoms with van der Waals surface area (Å²) in [6.45, 7) is 0.354. The summed E-state index contributed by atoms with van der Waals surface area (Å²) in [6, 6.07) is 23.1. The first kappa shape index (κ1) is 21.8. The fourth-order valence-electron chi connectivity index (χ4n) is 3.52. The Bertz CT molecular complexity index is 1370. The molecule has 0 bridgehead atoms. The van der Waals surface area contributed by atoms with Gasteiger partial charge in [-0.05, 0) is 66.7 Å². The number of thioether (sulfide) groups is 1. The van der Waals surface area contributed by atoms with Crippen LogP contribution in [0.4, 0.5) is 0 Å². The molecule has 0 radical (unpaired) electrons. The Morgan fingerprint density at radius 1 is 0.971 bits per heavy atom. The SMILES string of the molecule is COc1ccc(-n2ccc(CNC(=O)c3ccc(SCc4cn5ccccc5n4)cc3)n2)cc1. The number of carbonyl (C=O) groups excluding carboxylic acids is 1. The number of nitrogens with zero attached hydrogens (tertiary/aromatic N) is 4. The van der Waals surface area contributed by atoms with Gasteiger partial charge in [-0.25, -0.2) is 9.67 Å². The molecule has 0 aliphatic carbocycles. The number of imidazole rings is 1. The highest BCUT2D eigenvalue weighted by Gasteiger charge is 2.08. The topological polar surface area (TPSA) is 73.5 Å². The zero-order chi connectivity index (χ0) is 23.3. The molecule has 0 aliphatic heterocycles. The number of methoxy groups -OCH3 is 1. The summed E-state index contributed by atoms with van der Waals surface area (Å²) < 4.78 is 8.98. The van der Waals surface area contributed by atoms with Crippen LogP contribution in [0, 0.1) is 0 Å². The molecule has 0 unspecified atom stereocenters. The second-order valence-electron chi connectivity index (χ2n) is 7.64. The van der Waals surface area contributed by atoms with Crippen LogP contribution < -0.4 is 10.1 Å². The van der Waals surface area contributed by atoms with Gasteiger partial charge in [-0.3, -0.25) is 4.79 Å². The smallest absolute Gasteiger partial charge is 0.251 e. The molecule has 34 heavy (non-hydrogen) atoms. The van der Waals surface area contributed by atoms with Crippen LogP contribution in [0.3, 0.4) is 0 Å². The van der Waals surface area contributed by atoms with Gasteiger partial charge in [-0.2, -0.15) is 5.10 Å². The summed E-state index contributed by atoms with van der Waals surface area (Å²) in [7, 11) is 1.64. The second kappa shape index (κ2) is 9.84. The molecule has 1 N–H and O–H groups in total. The van der Waals surface area contributed by atoms with Crippen LogP contribution in [0.15, 0.2) is 96.3 Å². The summed E-state index contributed by atoms with van der Waals surface area (Å²) in [5.41, 5.74) is 4.29. The van der Waals surface area contributed by atoms with Crippen LogP contribution in [0.1, 0.15) is 21.7 Å². The quantitative estimate of drug-likeness (QED) is 0.332. The molecule has 0 saturated carbocycles. The van der Waals surface area contributed by atoms with Crippen molar-refractivity contribution in [1.29, 1.82) is 0 Å². The Hall–Kier alpha value is -4.04. The van der Waals surface area contributed by atoms with Gasteiger partial charge < -0.3 is 14.5 Å². The molecule has 3 heterocycles. The number of rotatable bonds is 8. The van der Waals surface area contributed by atoms with Gasteiger partial charge >= 0.3 is 0 Å². The number of ether oxygens (including phenoxy) is 1. The molecule has 2 aromatic carbocycles. The largest absolute Gasteiger partial charge is 0.497 e. The molecule has 170 valence electrons. The predicted molar refractivity (Wildman–Crippen MR) is 132 cm³/mol. The first-order valence-electron chi connectivity index (χ1n) is 10.8. The molecule has 3 aromatic heterocycles. The van der Waals surface area contributed by atoms with E-state index in [1.807, 2.05) is 95.8 Å². The fraction of sp³-hybridized carbons (Fsp3) is 0.115. The van der Waals surface area contributed by atoms with E-state index in [1.165, 1.54) is 0 Å². The van der Waals surface area contributed by atoms with Gasteiger partial charge in [0, 0.05) is 34.8 Å². The van der Waals surface area contributed by atoms with E-state index in [0.29, 0.717) is 12.1 Å². The Labute approximate surface area is 201 Å². The number of hydrogen-bond donors (Lipinski definition) is 1. The highest BCUT2D eigenvalue weighted by atomic mass is 32.2. The molecular weight excluding hydrogens is 446 g/mol. The lowest BCUT2D eigenvalue weighted by Crippen LogP contribution is -2.23. The van der Waals surface area contributed by atoms with Crippen molar-refractivity contribution in [1.82, 2.24) is 24.5 Å². The molecule has 8 heteroatoms. The molecule has 0 fully saturated rings. The maximum Gasteiger partial charge on any atom is 0.251 e. The van der Waals surface area contributed by atoms with E-state index in [9.17, 15) is 4.79 Å². The van der Waals surface area contributed by atoms with Crippen LogP contribution >= 0.6 is 11.8 Å². The van der Waals surface area contributed by atoms with Crippen molar-refractivity contribution in [3.63, 3.8) is 0 Å². The summed E-state index contributed by atoms with van der Waals surface area (Å²) in [4.78, 5) is 18.3. The van der Waals surface area contributed by atoms with E-state index in [0.717, 1.165) is 39.1 Å². The van der Waals surface area contributed by atoms with Crippen LogP contribution in [0.2, 0.25) is 0 Å². The van der Waals surface area contributed by atoms with Gasteiger partial charge in [0.05, 0.1) is 30.7 Å². The average Bonchev–Trinajstić information content (AvgIpc) is 3.53.